The van der Waals surface area contributed by atoms with E-state index >= 15 is 0 Å². The Morgan fingerprint density at radius 2 is 2.22 bits per heavy atom. The van der Waals surface area contributed by atoms with Gasteiger partial charge in [-0.1, -0.05) is 23.7 Å². The van der Waals surface area contributed by atoms with Crippen molar-refractivity contribution in [3.63, 3.8) is 0 Å². The van der Waals surface area contributed by atoms with Gasteiger partial charge in [-0.3, -0.25) is 4.79 Å². The highest BCUT2D eigenvalue weighted by Crippen LogP contribution is 2.24. The van der Waals surface area contributed by atoms with Crippen molar-refractivity contribution in [3.8, 4) is 0 Å². The highest BCUT2D eigenvalue weighted by Gasteiger charge is 2.33. The number of Topliss-reactive ketones (excluding diaryl/α,β-unsaturated/α-hetero) is 1. The summed E-state index contributed by atoms with van der Waals surface area (Å²) >= 11 is 6.19. The summed E-state index contributed by atoms with van der Waals surface area (Å²) in [5.41, 5.74) is 1.69. The molecule has 1 fully saturated rings. The first-order valence-electron chi connectivity index (χ1n) is 6.55. The van der Waals surface area contributed by atoms with Crippen molar-refractivity contribution in [2.75, 3.05) is 6.54 Å². The fraction of sp³-hybridized carbons (Fsp3) is 0.533. The number of piperidine rings is 1. The molecule has 0 bridgehead atoms. The largest absolute Gasteiger partial charge is 0.305 e. The van der Waals surface area contributed by atoms with Crippen LogP contribution in [-0.2, 0) is 11.2 Å². The summed E-state index contributed by atoms with van der Waals surface area (Å²) in [7, 11) is 0. The third-order valence-corrected chi connectivity index (χ3v) is 4.15. The molecule has 1 aliphatic heterocycles. The van der Waals surface area contributed by atoms with Crippen LogP contribution in [-0.4, -0.2) is 17.9 Å². The number of hydrogen-bond acceptors (Lipinski definition) is 2. The maximum absolute atomic E-state index is 12.4. The smallest absolute Gasteiger partial charge is 0.156 e. The zero-order valence-corrected chi connectivity index (χ0v) is 11.8. The summed E-state index contributed by atoms with van der Waals surface area (Å²) < 4.78 is 0. The van der Waals surface area contributed by atoms with Crippen LogP contribution in [0.3, 0.4) is 0 Å². The van der Waals surface area contributed by atoms with E-state index in [1.54, 1.807) is 0 Å². The van der Waals surface area contributed by atoms with Gasteiger partial charge in [0.2, 0.25) is 0 Å². The molecule has 98 valence electrons. The van der Waals surface area contributed by atoms with E-state index in [9.17, 15) is 4.79 Å². The number of carbonyl (C=O) groups is 1. The third kappa shape index (κ3) is 2.93. The van der Waals surface area contributed by atoms with Gasteiger partial charge >= 0.3 is 0 Å². The number of benzene rings is 1. The second-order valence-electron chi connectivity index (χ2n) is 5.41. The number of carbonyl (C=O) groups excluding carboxylic acids is 1. The third-order valence-electron chi connectivity index (χ3n) is 3.79. The lowest BCUT2D eigenvalue weighted by Gasteiger charge is -2.33. The van der Waals surface area contributed by atoms with E-state index in [-0.39, 0.29) is 11.3 Å². The summed E-state index contributed by atoms with van der Waals surface area (Å²) in [6, 6.07) is 5.88. The van der Waals surface area contributed by atoms with Crippen LogP contribution in [0, 0.1) is 6.92 Å². The van der Waals surface area contributed by atoms with E-state index in [4.69, 9.17) is 11.6 Å². The van der Waals surface area contributed by atoms with Crippen molar-refractivity contribution < 1.29 is 4.79 Å². The van der Waals surface area contributed by atoms with E-state index in [1.807, 2.05) is 32.0 Å². The molecule has 1 heterocycles. The second kappa shape index (κ2) is 5.41. The Hall–Kier alpha value is -0.860. The van der Waals surface area contributed by atoms with E-state index in [1.165, 1.54) is 0 Å². The van der Waals surface area contributed by atoms with E-state index in [2.05, 4.69) is 5.32 Å². The Bertz CT molecular complexity index is 450. The van der Waals surface area contributed by atoms with E-state index < -0.39 is 0 Å². The summed E-state index contributed by atoms with van der Waals surface area (Å²) in [4.78, 5) is 12.4. The molecular formula is C15H20ClNO. The van der Waals surface area contributed by atoms with Crippen molar-refractivity contribution in [2.45, 2.75) is 45.1 Å². The first kappa shape index (κ1) is 13.6. The van der Waals surface area contributed by atoms with Crippen LogP contribution in [0.15, 0.2) is 18.2 Å². The molecule has 0 saturated carbocycles. The molecule has 1 aromatic rings. The van der Waals surface area contributed by atoms with Crippen LogP contribution < -0.4 is 5.32 Å². The zero-order chi connectivity index (χ0) is 13.2. The van der Waals surface area contributed by atoms with E-state index in [0.717, 1.165) is 36.9 Å². The minimum atomic E-state index is -0.369. The van der Waals surface area contributed by atoms with Crippen molar-refractivity contribution in [3.05, 3.63) is 34.3 Å². The molecule has 1 aromatic carbocycles. The fourth-order valence-electron chi connectivity index (χ4n) is 2.46. The Kier molecular flexibility index (Phi) is 4.08. The first-order valence-corrected chi connectivity index (χ1v) is 6.92. The second-order valence-corrected chi connectivity index (χ2v) is 5.82. The van der Waals surface area contributed by atoms with Crippen LogP contribution in [0.2, 0.25) is 5.02 Å². The molecule has 3 heteroatoms. The molecule has 18 heavy (non-hydrogen) atoms. The highest BCUT2D eigenvalue weighted by atomic mass is 35.5. The predicted octanol–water partition coefficient (Wildman–Crippen LogP) is 3.29. The van der Waals surface area contributed by atoms with Gasteiger partial charge in [-0.25, -0.2) is 0 Å². The van der Waals surface area contributed by atoms with Gasteiger partial charge in [0.1, 0.15) is 0 Å². The van der Waals surface area contributed by atoms with Crippen molar-refractivity contribution in [2.24, 2.45) is 0 Å². The van der Waals surface area contributed by atoms with Crippen molar-refractivity contribution in [1.29, 1.82) is 0 Å². The van der Waals surface area contributed by atoms with Crippen LogP contribution in [0.1, 0.15) is 37.3 Å². The number of rotatable bonds is 3. The Labute approximate surface area is 114 Å². The lowest BCUT2D eigenvalue weighted by atomic mass is 9.84. The lowest BCUT2D eigenvalue weighted by Crippen LogP contribution is -2.52. The predicted molar refractivity (Wildman–Crippen MR) is 75.2 cm³/mol. The first-order chi connectivity index (χ1) is 8.51. The zero-order valence-electron chi connectivity index (χ0n) is 11.1. The average molecular weight is 266 g/mol. The molecule has 0 radical (unpaired) electrons. The molecule has 1 aliphatic rings. The minimum Gasteiger partial charge on any atom is -0.305 e. The van der Waals surface area contributed by atoms with Gasteiger partial charge < -0.3 is 5.32 Å². The molecule has 0 aromatic heterocycles. The SMILES string of the molecule is Cc1ccc(CC(=O)C2(C)CCCCN2)c(Cl)c1. The Balaban J connectivity index is 2.11. The van der Waals surface area contributed by atoms with Gasteiger partial charge in [0.15, 0.2) is 5.78 Å². The number of aryl methyl sites for hydroxylation is 1. The summed E-state index contributed by atoms with van der Waals surface area (Å²) in [5.74, 6) is 0.243. The minimum absolute atomic E-state index is 0.243. The maximum Gasteiger partial charge on any atom is 0.156 e. The van der Waals surface area contributed by atoms with Crippen molar-refractivity contribution >= 4 is 17.4 Å². The fourth-order valence-corrected chi connectivity index (χ4v) is 2.76. The Morgan fingerprint density at radius 1 is 1.44 bits per heavy atom. The molecule has 0 aliphatic carbocycles. The molecular weight excluding hydrogens is 246 g/mol. The average Bonchev–Trinajstić information content (AvgIpc) is 2.33. The summed E-state index contributed by atoms with van der Waals surface area (Å²) in [6.07, 6.45) is 3.63. The standard InChI is InChI=1S/C15H20ClNO/c1-11-5-6-12(13(16)9-11)10-14(18)15(2)7-3-4-8-17-15/h5-6,9,17H,3-4,7-8,10H2,1-2H3. The van der Waals surface area contributed by atoms with Gasteiger partial charge in [-0.2, -0.15) is 0 Å². The topological polar surface area (TPSA) is 29.1 Å². The van der Waals surface area contributed by atoms with Gasteiger partial charge in [-0.05, 0) is 56.8 Å². The van der Waals surface area contributed by atoms with Crippen molar-refractivity contribution in [1.82, 2.24) is 5.32 Å². The number of ketones is 1. The number of nitrogens with one attached hydrogen (secondary N) is 1. The normalized spacial score (nSPS) is 23.9. The van der Waals surface area contributed by atoms with E-state index in [0.29, 0.717) is 11.4 Å². The monoisotopic (exact) mass is 265 g/mol. The highest BCUT2D eigenvalue weighted by molar-refractivity contribution is 6.31. The molecule has 1 unspecified atom stereocenters. The van der Waals surface area contributed by atoms with Gasteiger partial charge in [0.05, 0.1) is 5.54 Å². The van der Waals surface area contributed by atoms with Crippen LogP contribution in [0.25, 0.3) is 0 Å². The molecule has 1 atom stereocenters. The molecule has 0 spiro atoms. The van der Waals surface area contributed by atoms with Gasteiger partial charge in [0.25, 0.3) is 0 Å². The van der Waals surface area contributed by atoms with Gasteiger partial charge in [-0.15, -0.1) is 0 Å². The van der Waals surface area contributed by atoms with Crippen LogP contribution >= 0.6 is 11.6 Å². The molecule has 2 rings (SSSR count). The number of hydrogen-bond donors (Lipinski definition) is 1. The quantitative estimate of drug-likeness (QED) is 0.909. The Morgan fingerprint density at radius 3 is 2.83 bits per heavy atom. The molecule has 2 nitrogen and oxygen atoms in total. The lowest BCUT2D eigenvalue weighted by molar-refractivity contribution is -0.125. The molecule has 1 saturated heterocycles. The van der Waals surface area contributed by atoms with Gasteiger partial charge in [0, 0.05) is 11.4 Å². The maximum atomic E-state index is 12.4. The summed E-state index contributed by atoms with van der Waals surface area (Å²) in [5, 5.41) is 4.05. The number of halogens is 1. The molecule has 1 N–H and O–H groups in total. The molecule has 0 amide bonds. The summed E-state index contributed by atoms with van der Waals surface area (Å²) in [6.45, 7) is 4.95. The van der Waals surface area contributed by atoms with Crippen LogP contribution in [0.4, 0.5) is 0 Å². The van der Waals surface area contributed by atoms with Crippen LogP contribution in [0.5, 0.6) is 0 Å².